The van der Waals surface area contributed by atoms with Gasteiger partial charge >= 0.3 is 0 Å². The van der Waals surface area contributed by atoms with Crippen molar-refractivity contribution in [3.63, 3.8) is 0 Å². The van der Waals surface area contributed by atoms with Crippen LogP contribution in [0.5, 0.6) is 5.75 Å². The summed E-state index contributed by atoms with van der Waals surface area (Å²) >= 11 is 0. The third-order valence-electron chi connectivity index (χ3n) is 4.10. The molecule has 1 aliphatic carbocycles. The van der Waals surface area contributed by atoms with Gasteiger partial charge in [-0.25, -0.2) is 4.39 Å². The van der Waals surface area contributed by atoms with E-state index >= 15 is 0 Å². The molecule has 1 aromatic carbocycles. The molecule has 2 nitrogen and oxygen atoms in total. The Hall–Kier alpha value is -1.09. The monoisotopic (exact) mass is 235 g/mol. The molecule has 0 saturated heterocycles. The van der Waals surface area contributed by atoms with Gasteiger partial charge < -0.3 is 10.5 Å². The van der Waals surface area contributed by atoms with E-state index in [2.05, 4.69) is 6.92 Å². The predicted octanol–water partition coefficient (Wildman–Crippen LogP) is 3.17. The fourth-order valence-corrected chi connectivity index (χ4v) is 3.31. The van der Waals surface area contributed by atoms with Crippen LogP contribution in [-0.4, -0.2) is 5.60 Å². The molecular weight excluding hydrogens is 217 g/mol. The van der Waals surface area contributed by atoms with Crippen molar-refractivity contribution in [3.05, 3.63) is 29.6 Å². The van der Waals surface area contributed by atoms with E-state index in [1.54, 1.807) is 6.07 Å². The fraction of sp³-hybridized carbons (Fsp3) is 0.571. The molecule has 0 aromatic heterocycles. The Balaban J connectivity index is 1.96. The maximum absolute atomic E-state index is 13.2. The Labute approximate surface area is 101 Å². The lowest BCUT2D eigenvalue weighted by Crippen LogP contribution is -2.40. The number of hydrogen-bond acceptors (Lipinski definition) is 2. The van der Waals surface area contributed by atoms with Gasteiger partial charge in [0, 0.05) is 18.0 Å². The Morgan fingerprint density at radius 3 is 2.94 bits per heavy atom. The summed E-state index contributed by atoms with van der Waals surface area (Å²) in [5.41, 5.74) is 6.89. The number of ether oxygens (including phenoxy) is 1. The van der Waals surface area contributed by atoms with Gasteiger partial charge in [0.1, 0.15) is 17.2 Å². The molecule has 1 heterocycles. The van der Waals surface area contributed by atoms with Crippen LogP contribution in [0.15, 0.2) is 18.2 Å². The maximum Gasteiger partial charge on any atom is 0.125 e. The fourth-order valence-electron chi connectivity index (χ4n) is 3.31. The minimum absolute atomic E-state index is 0.0936. The molecule has 0 amide bonds. The number of benzene rings is 1. The van der Waals surface area contributed by atoms with Crippen LogP contribution in [0.1, 0.15) is 44.2 Å². The van der Waals surface area contributed by atoms with Gasteiger partial charge in [-0.2, -0.15) is 0 Å². The second-order valence-corrected chi connectivity index (χ2v) is 5.63. The predicted molar refractivity (Wildman–Crippen MR) is 64.3 cm³/mol. The molecule has 0 bridgehead atoms. The van der Waals surface area contributed by atoms with E-state index in [-0.39, 0.29) is 17.5 Å². The molecule has 2 N–H and O–H groups in total. The van der Waals surface area contributed by atoms with Crippen molar-refractivity contribution >= 4 is 0 Å². The second kappa shape index (κ2) is 3.70. The van der Waals surface area contributed by atoms with Gasteiger partial charge in [0.25, 0.3) is 0 Å². The molecule has 3 atom stereocenters. The van der Waals surface area contributed by atoms with Crippen LogP contribution < -0.4 is 10.5 Å². The molecular formula is C14H18FNO. The highest BCUT2D eigenvalue weighted by Crippen LogP contribution is 2.48. The first-order valence-corrected chi connectivity index (χ1v) is 6.32. The molecule has 1 aliphatic heterocycles. The summed E-state index contributed by atoms with van der Waals surface area (Å²) < 4.78 is 19.3. The summed E-state index contributed by atoms with van der Waals surface area (Å²) in [6.45, 7) is 2.25. The zero-order chi connectivity index (χ0) is 12.0. The highest BCUT2D eigenvalue weighted by Gasteiger charge is 2.44. The van der Waals surface area contributed by atoms with Crippen LogP contribution in [-0.2, 0) is 0 Å². The summed E-state index contributed by atoms with van der Waals surface area (Å²) in [4.78, 5) is 0. The smallest absolute Gasteiger partial charge is 0.125 e. The van der Waals surface area contributed by atoms with Crippen molar-refractivity contribution in [2.24, 2.45) is 11.7 Å². The summed E-state index contributed by atoms with van der Waals surface area (Å²) in [6.07, 6.45) is 4.15. The number of rotatable bonds is 0. The minimum atomic E-state index is -0.237. The zero-order valence-corrected chi connectivity index (χ0v) is 10.1. The molecule has 3 rings (SSSR count). The lowest BCUT2D eigenvalue weighted by Gasteiger charge is -2.39. The number of nitrogens with two attached hydrogens (primary N) is 1. The Kier molecular flexibility index (Phi) is 2.40. The summed E-state index contributed by atoms with van der Waals surface area (Å²) in [5.74, 6) is 1.24. The third kappa shape index (κ3) is 1.82. The zero-order valence-electron chi connectivity index (χ0n) is 10.1. The van der Waals surface area contributed by atoms with Crippen molar-refractivity contribution in [2.75, 3.05) is 0 Å². The Morgan fingerprint density at radius 2 is 2.24 bits per heavy atom. The van der Waals surface area contributed by atoms with E-state index in [1.807, 2.05) is 0 Å². The van der Waals surface area contributed by atoms with E-state index in [0.29, 0.717) is 5.92 Å². The maximum atomic E-state index is 13.2. The molecule has 2 unspecified atom stereocenters. The first-order valence-electron chi connectivity index (χ1n) is 6.32. The molecule has 1 aromatic rings. The summed E-state index contributed by atoms with van der Waals surface area (Å²) in [6, 6.07) is 4.57. The normalized spacial score (nSPS) is 35.7. The lowest BCUT2D eigenvalue weighted by molar-refractivity contribution is 0.0391. The van der Waals surface area contributed by atoms with Crippen LogP contribution in [0.3, 0.4) is 0 Å². The first-order chi connectivity index (χ1) is 8.08. The van der Waals surface area contributed by atoms with E-state index in [9.17, 15) is 4.39 Å². The molecule has 92 valence electrons. The van der Waals surface area contributed by atoms with Crippen LogP contribution >= 0.6 is 0 Å². The average molecular weight is 235 g/mol. The van der Waals surface area contributed by atoms with E-state index < -0.39 is 0 Å². The van der Waals surface area contributed by atoms with Crippen LogP contribution in [0, 0.1) is 11.7 Å². The molecule has 17 heavy (non-hydrogen) atoms. The molecule has 0 radical (unpaired) electrons. The van der Waals surface area contributed by atoms with Crippen molar-refractivity contribution in [3.8, 4) is 5.75 Å². The highest BCUT2D eigenvalue weighted by molar-refractivity contribution is 5.39. The summed E-state index contributed by atoms with van der Waals surface area (Å²) in [7, 11) is 0. The molecule has 3 heteroatoms. The molecule has 1 spiro atoms. The second-order valence-electron chi connectivity index (χ2n) is 5.63. The SMILES string of the molecule is CC1CCC2(C1)C[C@H](N)c1cc(F)ccc1O2. The highest BCUT2D eigenvalue weighted by atomic mass is 19.1. The van der Waals surface area contributed by atoms with Gasteiger partial charge in [0.05, 0.1) is 0 Å². The van der Waals surface area contributed by atoms with Crippen molar-refractivity contribution in [1.29, 1.82) is 0 Å². The van der Waals surface area contributed by atoms with Gasteiger partial charge in [-0.3, -0.25) is 0 Å². The molecule has 1 fully saturated rings. The number of hydrogen-bond donors (Lipinski definition) is 1. The van der Waals surface area contributed by atoms with Gasteiger partial charge in [-0.1, -0.05) is 6.92 Å². The average Bonchev–Trinajstić information content (AvgIpc) is 2.61. The third-order valence-corrected chi connectivity index (χ3v) is 4.10. The molecule has 2 aliphatic rings. The number of fused-ring (bicyclic) bond motifs is 1. The standard InChI is InChI=1S/C14H18FNO/c1-9-4-5-14(7-9)8-12(16)11-6-10(15)2-3-13(11)17-14/h2-3,6,9,12H,4-5,7-8,16H2,1H3/t9?,12-,14?/m0/s1. The van der Waals surface area contributed by atoms with Crippen molar-refractivity contribution in [2.45, 2.75) is 44.2 Å². The van der Waals surface area contributed by atoms with E-state index in [1.165, 1.54) is 18.6 Å². The van der Waals surface area contributed by atoms with E-state index in [4.69, 9.17) is 10.5 Å². The van der Waals surface area contributed by atoms with Crippen LogP contribution in [0.2, 0.25) is 0 Å². The quantitative estimate of drug-likeness (QED) is 0.749. The Bertz CT molecular complexity index is 448. The van der Waals surface area contributed by atoms with Crippen LogP contribution in [0.4, 0.5) is 4.39 Å². The van der Waals surface area contributed by atoms with Gasteiger partial charge in [-0.15, -0.1) is 0 Å². The van der Waals surface area contributed by atoms with Crippen LogP contribution in [0.25, 0.3) is 0 Å². The Morgan fingerprint density at radius 1 is 1.41 bits per heavy atom. The van der Waals surface area contributed by atoms with Gasteiger partial charge in [-0.05, 0) is 43.4 Å². The van der Waals surface area contributed by atoms with Crippen molar-refractivity contribution in [1.82, 2.24) is 0 Å². The first kappa shape index (κ1) is 11.0. The van der Waals surface area contributed by atoms with Gasteiger partial charge in [0.2, 0.25) is 0 Å². The minimum Gasteiger partial charge on any atom is -0.487 e. The van der Waals surface area contributed by atoms with Gasteiger partial charge in [0.15, 0.2) is 0 Å². The van der Waals surface area contributed by atoms with Crippen molar-refractivity contribution < 1.29 is 9.13 Å². The topological polar surface area (TPSA) is 35.2 Å². The number of halogens is 1. The summed E-state index contributed by atoms with van der Waals surface area (Å²) in [5, 5.41) is 0. The lowest BCUT2D eigenvalue weighted by atomic mass is 9.86. The van der Waals surface area contributed by atoms with E-state index in [0.717, 1.165) is 30.6 Å². The largest absolute Gasteiger partial charge is 0.487 e. The molecule has 1 saturated carbocycles.